The maximum absolute atomic E-state index is 14.5. The normalized spacial score (nSPS) is 15.7. The maximum atomic E-state index is 14.5. The van der Waals surface area contributed by atoms with Crippen molar-refractivity contribution in [1.82, 2.24) is 15.1 Å². The van der Waals surface area contributed by atoms with Crippen LogP contribution in [-0.4, -0.2) is 43.3 Å². The van der Waals surface area contributed by atoms with Gasteiger partial charge in [-0.05, 0) is 49.2 Å². The Labute approximate surface area is 231 Å². The van der Waals surface area contributed by atoms with Crippen LogP contribution in [0.1, 0.15) is 38.3 Å². The third-order valence-corrected chi connectivity index (χ3v) is 8.56. The van der Waals surface area contributed by atoms with Crippen molar-refractivity contribution in [1.29, 1.82) is 0 Å². The standard InChI is InChI=1S/C26H27Cl2FN4O4S/c1-4-32-15-24(26(28)31-32)38(35,36)33-14-19(10-11-30-17(3)34)37-23-9-8-18(13-22(23)33)12-16(2)25-20(27)6-5-7-21(25)29/h5-9,12-13,15,19H,4,10-11,14H2,1-3H3,(H,30,34). The molecule has 1 N–H and O–H groups in total. The summed E-state index contributed by atoms with van der Waals surface area (Å²) in [7, 11) is -4.13. The van der Waals surface area contributed by atoms with E-state index in [9.17, 15) is 17.6 Å². The second-order valence-electron chi connectivity index (χ2n) is 8.84. The summed E-state index contributed by atoms with van der Waals surface area (Å²) in [6.45, 7) is 5.72. The third-order valence-electron chi connectivity index (χ3n) is 6.07. The van der Waals surface area contributed by atoms with Gasteiger partial charge in [0, 0.05) is 38.2 Å². The van der Waals surface area contributed by atoms with Gasteiger partial charge in [-0.2, -0.15) is 5.10 Å². The second kappa shape index (κ2) is 11.3. The molecule has 1 atom stereocenters. The molecule has 4 rings (SSSR count). The highest BCUT2D eigenvalue weighted by molar-refractivity contribution is 7.93. The number of carbonyl (C=O) groups is 1. The Morgan fingerprint density at radius 3 is 2.68 bits per heavy atom. The molecular formula is C26H27Cl2FN4O4S. The van der Waals surface area contributed by atoms with Gasteiger partial charge in [0.15, 0.2) is 5.15 Å². The molecule has 3 aromatic rings. The van der Waals surface area contributed by atoms with Crippen molar-refractivity contribution in [2.45, 2.75) is 44.7 Å². The van der Waals surface area contributed by atoms with E-state index in [1.807, 2.05) is 6.92 Å². The predicted molar refractivity (Wildman–Crippen MR) is 147 cm³/mol. The van der Waals surface area contributed by atoms with Crippen LogP contribution in [0.15, 0.2) is 47.5 Å². The second-order valence-corrected chi connectivity index (χ2v) is 11.4. The summed E-state index contributed by atoms with van der Waals surface area (Å²) < 4.78 is 51.0. The van der Waals surface area contributed by atoms with Gasteiger partial charge in [0.05, 0.1) is 17.3 Å². The molecule has 1 unspecified atom stereocenters. The number of anilines is 1. The predicted octanol–water partition coefficient (Wildman–Crippen LogP) is 5.39. The van der Waals surface area contributed by atoms with Crippen LogP contribution < -0.4 is 14.4 Å². The maximum Gasteiger partial charge on any atom is 0.269 e. The highest BCUT2D eigenvalue weighted by Crippen LogP contribution is 2.40. The van der Waals surface area contributed by atoms with Gasteiger partial charge >= 0.3 is 0 Å². The van der Waals surface area contributed by atoms with Crippen molar-refractivity contribution in [2.24, 2.45) is 0 Å². The summed E-state index contributed by atoms with van der Waals surface area (Å²) in [4.78, 5) is 11.2. The average Bonchev–Trinajstić information content (AvgIpc) is 3.25. The Hall–Kier alpha value is -3.08. The first-order chi connectivity index (χ1) is 18.0. The smallest absolute Gasteiger partial charge is 0.269 e. The van der Waals surface area contributed by atoms with Crippen LogP contribution in [-0.2, 0) is 21.4 Å². The highest BCUT2D eigenvalue weighted by atomic mass is 35.5. The molecule has 1 aliphatic heterocycles. The Bertz CT molecular complexity index is 1490. The zero-order valence-corrected chi connectivity index (χ0v) is 23.4. The van der Waals surface area contributed by atoms with Crippen molar-refractivity contribution in [3.63, 3.8) is 0 Å². The third kappa shape index (κ3) is 5.82. The first kappa shape index (κ1) is 27.9. The summed E-state index contributed by atoms with van der Waals surface area (Å²) in [6, 6.07) is 9.54. The van der Waals surface area contributed by atoms with E-state index in [4.69, 9.17) is 27.9 Å². The minimum atomic E-state index is -4.13. The van der Waals surface area contributed by atoms with E-state index in [1.165, 1.54) is 34.2 Å². The molecule has 8 nitrogen and oxygen atoms in total. The van der Waals surface area contributed by atoms with Crippen LogP contribution >= 0.6 is 23.2 Å². The van der Waals surface area contributed by atoms with Crippen LogP contribution in [0.5, 0.6) is 5.75 Å². The quantitative estimate of drug-likeness (QED) is 0.360. The average molecular weight is 581 g/mol. The molecule has 0 fully saturated rings. The van der Waals surface area contributed by atoms with Crippen molar-refractivity contribution in [3.05, 3.63) is 69.7 Å². The summed E-state index contributed by atoms with van der Waals surface area (Å²) in [5, 5.41) is 6.93. The van der Waals surface area contributed by atoms with E-state index in [1.54, 1.807) is 37.3 Å². The van der Waals surface area contributed by atoms with Crippen LogP contribution in [0.2, 0.25) is 10.2 Å². The number of halogens is 3. The lowest BCUT2D eigenvalue weighted by Gasteiger charge is -2.35. The molecular weight excluding hydrogens is 554 g/mol. The Kier molecular flexibility index (Phi) is 8.34. The molecule has 202 valence electrons. The number of aromatic nitrogens is 2. The van der Waals surface area contributed by atoms with Gasteiger partial charge in [0.2, 0.25) is 5.91 Å². The van der Waals surface area contributed by atoms with E-state index in [-0.39, 0.29) is 33.1 Å². The van der Waals surface area contributed by atoms with Crippen molar-refractivity contribution >= 4 is 56.5 Å². The molecule has 0 saturated heterocycles. The lowest BCUT2D eigenvalue weighted by atomic mass is 10.0. The number of carbonyl (C=O) groups excluding carboxylic acids is 1. The lowest BCUT2D eigenvalue weighted by Crippen LogP contribution is -2.44. The van der Waals surface area contributed by atoms with Crippen molar-refractivity contribution < 1.29 is 22.3 Å². The fourth-order valence-corrected chi connectivity index (χ4v) is 6.50. The number of nitrogens with zero attached hydrogens (tertiary/aromatic N) is 3. The molecule has 0 radical (unpaired) electrons. The van der Waals surface area contributed by atoms with Gasteiger partial charge in [0.1, 0.15) is 22.6 Å². The van der Waals surface area contributed by atoms with Gasteiger partial charge in [-0.15, -0.1) is 0 Å². The zero-order chi connectivity index (χ0) is 27.6. The van der Waals surface area contributed by atoms with Crippen LogP contribution in [0, 0.1) is 5.82 Å². The van der Waals surface area contributed by atoms with Gasteiger partial charge in [0.25, 0.3) is 10.0 Å². The number of benzene rings is 2. The number of allylic oxidation sites excluding steroid dienone is 1. The number of nitrogens with one attached hydrogen (secondary N) is 1. The Morgan fingerprint density at radius 2 is 2.03 bits per heavy atom. The molecule has 1 aliphatic rings. The largest absolute Gasteiger partial charge is 0.486 e. The molecule has 0 aliphatic carbocycles. The van der Waals surface area contributed by atoms with E-state index in [2.05, 4.69) is 10.4 Å². The van der Waals surface area contributed by atoms with Crippen molar-refractivity contribution in [2.75, 3.05) is 17.4 Å². The fraction of sp³-hybridized carbons (Fsp3) is 0.308. The molecule has 12 heteroatoms. The minimum absolute atomic E-state index is 0.00611. The number of aryl methyl sites for hydroxylation is 1. The summed E-state index contributed by atoms with van der Waals surface area (Å²) >= 11 is 12.5. The molecule has 2 heterocycles. The van der Waals surface area contributed by atoms with E-state index >= 15 is 0 Å². The van der Waals surface area contributed by atoms with Gasteiger partial charge < -0.3 is 10.1 Å². The molecule has 0 bridgehead atoms. The number of rotatable bonds is 8. The topological polar surface area (TPSA) is 93.5 Å². The van der Waals surface area contributed by atoms with Crippen molar-refractivity contribution in [3.8, 4) is 5.75 Å². The number of fused-ring (bicyclic) bond motifs is 1. The van der Waals surface area contributed by atoms with Gasteiger partial charge in [-0.1, -0.05) is 41.4 Å². The molecule has 0 saturated carbocycles. The van der Waals surface area contributed by atoms with Crippen LogP contribution in [0.25, 0.3) is 11.6 Å². The van der Waals surface area contributed by atoms with E-state index in [0.717, 1.165) is 0 Å². The first-order valence-corrected chi connectivity index (χ1v) is 14.1. The molecule has 1 amide bonds. The van der Waals surface area contributed by atoms with E-state index in [0.29, 0.717) is 42.1 Å². The summed E-state index contributed by atoms with van der Waals surface area (Å²) in [5.74, 6) is -0.294. The molecule has 38 heavy (non-hydrogen) atoms. The minimum Gasteiger partial charge on any atom is -0.486 e. The number of hydrogen-bond acceptors (Lipinski definition) is 5. The molecule has 1 aromatic heterocycles. The number of ether oxygens (including phenoxy) is 1. The van der Waals surface area contributed by atoms with Crippen LogP contribution in [0.3, 0.4) is 0 Å². The highest BCUT2D eigenvalue weighted by Gasteiger charge is 2.37. The zero-order valence-electron chi connectivity index (χ0n) is 21.0. The Morgan fingerprint density at radius 1 is 1.26 bits per heavy atom. The van der Waals surface area contributed by atoms with E-state index < -0.39 is 21.9 Å². The van der Waals surface area contributed by atoms with Crippen LogP contribution in [0.4, 0.5) is 10.1 Å². The molecule has 2 aromatic carbocycles. The number of hydrogen-bond donors (Lipinski definition) is 1. The number of sulfonamides is 1. The summed E-state index contributed by atoms with van der Waals surface area (Å²) in [5.41, 5.74) is 1.77. The Balaban J connectivity index is 1.76. The lowest BCUT2D eigenvalue weighted by molar-refractivity contribution is -0.119. The fourth-order valence-electron chi connectivity index (χ4n) is 4.24. The monoisotopic (exact) mass is 580 g/mol. The SMILES string of the molecule is CCn1cc(S(=O)(=O)N2CC(CCNC(C)=O)Oc3ccc(C=C(C)c4c(F)cccc4Cl)cc32)c(Cl)n1. The first-order valence-electron chi connectivity index (χ1n) is 11.9. The van der Waals surface area contributed by atoms with Gasteiger partial charge in [-0.25, -0.2) is 12.8 Å². The molecule has 0 spiro atoms. The number of amides is 1. The van der Waals surface area contributed by atoms with Gasteiger partial charge in [-0.3, -0.25) is 13.8 Å². The summed E-state index contributed by atoms with van der Waals surface area (Å²) in [6.07, 6.45) is 2.98.